The van der Waals surface area contributed by atoms with E-state index in [1.165, 1.54) is 6.07 Å². The Morgan fingerprint density at radius 1 is 1.03 bits per heavy atom. The van der Waals surface area contributed by atoms with Crippen molar-refractivity contribution in [3.8, 4) is 11.5 Å². The molecule has 1 amide bonds. The van der Waals surface area contributed by atoms with E-state index in [9.17, 15) is 27.2 Å². The molecule has 1 N–H and O–H groups in total. The Balaban J connectivity index is 1.81. The van der Waals surface area contributed by atoms with Gasteiger partial charge in [0.2, 0.25) is 5.91 Å². The summed E-state index contributed by atoms with van der Waals surface area (Å²) >= 11 is 0. The third-order valence-corrected chi connectivity index (χ3v) is 3.81. The molecular weight excluding hydrogens is 392 g/mol. The fraction of sp³-hybridized carbons (Fsp3) is 0.100. The number of anilines is 1. The number of ether oxygens (including phenoxy) is 1. The first kappa shape index (κ1) is 20.1. The SMILES string of the molecule is O=C(Cn1cc(C(F)(F)F)ccc1=O)Nc1cc(F)ccc1Oc1ccccc1. The van der Waals surface area contributed by atoms with Gasteiger partial charge in [0.25, 0.3) is 5.56 Å². The van der Waals surface area contributed by atoms with Crippen LogP contribution in [0.1, 0.15) is 5.56 Å². The molecule has 0 saturated heterocycles. The van der Waals surface area contributed by atoms with E-state index in [-0.39, 0.29) is 11.4 Å². The number of halogens is 4. The van der Waals surface area contributed by atoms with E-state index >= 15 is 0 Å². The van der Waals surface area contributed by atoms with Crippen LogP contribution >= 0.6 is 0 Å². The second-order valence-electron chi connectivity index (χ2n) is 5.99. The van der Waals surface area contributed by atoms with Crippen molar-refractivity contribution in [2.45, 2.75) is 12.7 Å². The predicted molar refractivity (Wildman–Crippen MR) is 97.2 cm³/mol. The predicted octanol–water partition coefficient (Wildman–Crippen LogP) is 4.44. The molecule has 0 unspecified atom stereocenters. The maximum atomic E-state index is 13.6. The third-order valence-electron chi connectivity index (χ3n) is 3.81. The van der Waals surface area contributed by atoms with Crippen molar-refractivity contribution < 1.29 is 27.1 Å². The van der Waals surface area contributed by atoms with Gasteiger partial charge in [0.15, 0.2) is 5.75 Å². The fourth-order valence-corrected chi connectivity index (χ4v) is 2.47. The highest BCUT2D eigenvalue weighted by Gasteiger charge is 2.31. The van der Waals surface area contributed by atoms with Crippen LogP contribution in [-0.4, -0.2) is 10.5 Å². The number of carbonyl (C=O) groups is 1. The Bertz CT molecular complexity index is 1080. The number of rotatable bonds is 5. The first-order chi connectivity index (χ1) is 13.7. The van der Waals surface area contributed by atoms with Gasteiger partial charge in [0.1, 0.15) is 18.1 Å². The molecular formula is C20H14F4N2O3. The first-order valence-corrected chi connectivity index (χ1v) is 8.32. The average molecular weight is 406 g/mol. The zero-order valence-corrected chi connectivity index (χ0v) is 14.7. The number of hydrogen-bond acceptors (Lipinski definition) is 3. The maximum Gasteiger partial charge on any atom is 0.417 e. The highest BCUT2D eigenvalue weighted by atomic mass is 19.4. The summed E-state index contributed by atoms with van der Waals surface area (Å²) in [7, 11) is 0. The van der Waals surface area contributed by atoms with Crippen LogP contribution in [0, 0.1) is 5.82 Å². The number of pyridine rings is 1. The molecule has 0 aliphatic carbocycles. The lowest BCUT2D eigenvalue weighted by Gasteiger charge is -2.14. The van der Waals surface area contributed by atoms with Crippen LogP contribution in [0.5, 0.6) is 11.5 Å². The van der Waals surface area contributed by atoms with Gasteiger partial charge in [-0.2, -0.15) is 13.2 Å². The molecule has 150 valence electrons. The van der Waals surface area contributed by atoms with Gasteiger partial charge in [0.05, 0.1) is 11.3 Å². The average Bonchev–Trinajstić information content (AvgIpc) is 2.65. The van der Waals surface area contributed by atoms with E-state index in [2.05, 4.69) is 5.32 Å². The molecule has 0 aliphatic rings. The zero-order chi connectivity index (χ0) is 21.0. The van der Waals surface area contributed by atoms with Crippen LogP contribution < -0.4 is 15.6 Å². The van der Waals surface area contributed by atoms with E-state index in [0.29, 0.717) is 22.6 Å². The molecule has 0 atom stereocenters. The van der Waals surface area contributed by atoms with E-state index in [4.69, 9.17) is 4.74 Å². The molecule has 5 nitrogen and oxygen atoms in total. The highest BCUT2D eigenvalue weighted by molar-refractivity contribution is 5.92. The van der Waals surface area contributed by atoms with E-state index in [0.717, 1.165) is 18.2 Å². The van der Waals surface area contributed by atoms with Crippen LogP contribution in [-0.2, 0) is 17.5 Å². The number of aromatic nitrogens is 1. The summed E-state index contributed by atoms with van der Waals surface area (Å²) in [5.74, 6) is -0.919. The number of carbonyl (C=O) groups excluding carboxylic acids is 1. The lowest BCUT2D eigenvalue weighted by atomic mass is 10.2. The Kier molecular flexibility index (Phi) is 5.67. The molecule has 0 bridgehead atoms. The molecule has 3 aromatic rings. The number of benzene rings is 2. The second kappa shape index (κ2) is 8.17. The largest absolute Gasteiger partial charge is 0.455 e. The van der Waals surface area contributed by atoms with Crippen molar-refractivity contribution in [2.75, 3.05) is 5.32 Å². The number of nitrogens with zero attached hydrogens (tertiary/aromatic N) is 1. The molecule has 9 heteroatoms. The minimum atomic E-state index is -4.66. The van der Waals surface area contributed by atoms with Crippen molar-refractivity contribution in [3.63, 3.8) is 0 Å². The quantitative estimate of drug-likeness (QED) is 0.638. The van der Waals surface area contributed by atoms with Crippen molar-refractivity contribution in [3.05, 3.63) is 88.6 Å². The van der Waals surface area contributed by atoms with Crippen LogP contribution in [0.4, 0.5) is 23.2 Å². The topological polar surface area (TPSA) is 60.3 Å². The van der Waals surface area contributed by atoms with Crippen LogP contribution in [0.3, 0.4) is 0 Å². The molecule has 29 heavy (non-hydrogen) atoms. The molecule has 1 heterocycles. The summed E-state index contributed by atoms with van der Waals surface area (Å²) in [6.07, 6.45) is -4.11. The first-order valence-electron chi connectivity index (χ1n) is 8.32. The van der Waals surface area contributed by atoms with E-state index in [1.807, 2.05) is 0 Å². The lowest BCUT2D eigenvalue weighted by molar-refractivity contribution is -0.138. The standard InChI is InChI=1S/C20H14F4N2O3/c21-14-7-8-17(29-15-4-2-1-3-5-15)16(10-14)25-18(27)12-26-11-13(20(22,23)24)6-9-19(26)28/h1-11H,12H2,(H,25,27). The highest BCUT2D eigenvalue weighted by Crippen LogP contribution is 2.30. The minimum Gasteiger partial charge on any atom is -0.455 e. The molecule has 0 aliphatic heterocycles. The monoisotopic (exact) mass is 406 g/mol. The Labute approximate surface area is 162 Å². The fourth-order valence-electron chi connectivity index (χ4n) is 2.47. The molecule has 1 aromatic heterocycles. The Morgan fingerprint density at radius 2 is 1.76 bits per heavy atom. The van der Waals surface area contributed by atoms with E-state index in [1.54, 1.807) is 30.3 Å². The zero-order valence-electron chi connectivity index (χ0n) is 14.7. The van der Waals surface area contributed by atoms with Gasteiger partial charge in [-0.15, -0.1) is 0 Å². The molecule has 0 fully saturated rings. The summed E-state index contributed by atoms with van der Waals surface area (Å²) in [6, 6.07) is 13.3. The van der Waals surface area contributed by atoms with Crippen LogP contribution in [0.25, 0.3) is 0 Å². The number of nitrogens with one attached hydrogen (secondary N) is 1. The van der Waals surface area contributed by atoms with Gasteiger partial charge in [-0.25, -0.2) is 4.39 Å². The normalized spacial score (nSPS) is 11.2. The summed E-state index contributed by atoms with van der Waals surface area (Å²) in [5, 5.41) is 2.36. The van der Waals surface area contributed by atoms with Crippen molar-refractivity contribution >= 4 is 11.6 Å². The van der Waals surface area contributed by atoms with Crippen LogP contribution in [0.15, 0.2) is 71.7 Å². The van der Waals surface area contributed by atoms with Crippen LogP contribution in [0.2, 0.25) is 0 Å². The summed E-state index contributed by atoms with van der Waals surface area (Å²) in [5.41, 5.74) is -1.88. The van der Waals surface area contributed by atoms with Gasteiger partial charge >= 0.3 is 6.18 Å². The molecule has 0 spiro atoms. The smallest absolute Gasteiger partial charge is 0.417 e. The number of alkyl halides is 3. The molecule has 2 aromatic carbocycles. The summed E-state index contributed by atoms with van der Waals surface area (Å²) in [6.45, 7) is -0.690. The Morgan fingerprint density at radius 3 is 2.45 bits per heavy atom. The summed E-state index contributed by atoms with van der Waals surface area (Å²) < 4.78 is 58.3. The third kappa shape index (κ3) is 5.22. The lowest BCUT2D eigenvalue weighted by Crippen LogP contribution is -2.28. The number of para-hydroxylation sites is 1. The number of amides is 1. The van der Waals surface area contributed by atoms with Crippen molar-refractivity contribution in [2.24, 2.45) is 0 Å². The van der Waals surface area contributed by atoms with Gasteiger partial charge in [-0.05, 0) is 30.3 Å². The minimum absolute atomic E-state index is 0.0288. The van der Waals surface area contributed by atoms with Gasteiger partial charge < -0.3 is 14.6 Å². The Hall–Kier alpha value is -3.62. The van der Waals surface area contributed by atoms with Gasteiger partial charge in [-0.1, -0.05) is 18.2 Å². The van der Waals surface area contributed by atoms with Crippen molar-refractivity contribution in [1.29, 1.82) is 0 Å². The van der Waals surface area contributed by atoms with Gasteiger partial charge in [0, 0.05) is 18.3 Å². The molecule has 0 saturated carbocycles. The maximum absolute atomic E-state index is 13.6. The van der Waals surface area contributed by atoms with Gasteiger partial charge in [-0.3, -0.25) is 9.59 Å². The van der Waals surface area contributed by atoms with E-state index < -0.39 is 35.6 Å². The molecule has 3 rings (SSSR count). The molecule has 0 radical (unpaired) electrons. The second-order valence-corrected chi connectivity index (χ2v) is 5.99. The number of hydrogen-bond donors (Lipinski definition) is 1. The van der Waals surface area contributed by atoms with Crippen molar-refractivity contribution in [1.82, 2.24) is 4.57 Å². The summed E-state index contributed by atoms with van der Waals surface area (Å²) in [4.78, 5) is 24.1.